The number of ether oxygens (including phenoxy) is 1. The van der Waals surface area contributed by atoms with E-state index in [1.807, 2.05) is 54.6 Å². The quantitative estimate of drug-likeness (QED) is 0.593. The third-order valence-electron chi connectivity index (χ3n) is 7.88. The van der Waals surface area contributed by atoms with Gasteiger partial charge in [0.25, 0.3) is 5.91 Å². The second-order valence-electron chi connectivity index (χ2n) is 10.3. The second kappa shape index (κ2) is 11.1. The maximum Gasteiger partial charge on any atom is 0.250 e. The zero-order valence-corrected chi connectivity index (χ0v) is 21.5. The van der Waals surface area contributed by atoms with Crippen LogP contribution < -0.4 is 15.4 Å². The summed E-state index contributed by atoms with van der Waals surface area (Å²) in [5.41, 5.74) is 3.60. The van der Waals surface area contributed by atoms with Crippen LogP contribution >= 0.6 is 0 Å². The van der Waals surface area contributed by atoms with Crippen LogP contribution in [0.5, 0.6) is 5.75 Å². The highest BCUT2D eigenvalue weighted by Crippen LogP contribution is 2.37. The number of nitrogens with one attached hydrogen (secondary N) is 2. The summed E-state index contributed by atoms with van der Waals surface area (Å²) in [4.78, 5) is 41.3. The fourth-order valence-corrected chi connectivity index (χ4v) is 5.87. The van der Waals surface area contributed by atoms with Gasteiger partial charge in [0.15, 0.2) is 0 Å². The number of nitriles is 1. The molecule has 2 aliphatic heterocycles. The molecule has 5 rings (SSSR count). The lowest BCUT2D eigenvalue weighted by atomic mass is 9.91. The molecule has 38 heavy (non-hydrogen) atoms. The smallest absolute Gasteiger partial charge is 0.250 e. The average Bonchev–Trinajstić information content (AvgIpc) is 3.59. The Balaban J connectivity index is 1.36. The van der Waals surface area contributed by atoms with Crippen molar-refractivity contribution >= 4 is 23.8 Å². The van der Waals surface area contributed by atoms with Crippen molar-refractivity contribution in [3.05, 3.63) is 70.8 Å². The topological polar surface area (TPSA) is 112 Å². The van der Waals surface area contributed by atoms with Crippen molar-refractivity contribution in [1.82, 2.24) is 15.5 Å². The van der Waals surface area contributed by atoms with E-state index >= 15 is 0 Å². The van der Waals surface area contributed by atoms with Gasteiger partial charge in [0.1, 0.15) is 17.8 Å². The van der Waals surface area contributed by atoms with Crippen LogP contribution in [-0.4, -0.2) is 54.9 Å². The second-order valence-corrected chi connectivity index (χ2v) is 10.3. The molecular weight excluding hydrogens is 480 g/mol. The Morgan fingerprint density at radius 1 is 1.21 bits per heavy atom. The highest BCUT2D eigenvalue weighted by atomic mass is 16.5. The molecule has 2 N–H and O–H groups in total. The number of fused-ring (bicyclic) bond motifs is 1. The predicted octanol–water partition coefficient (Wildman–Crippen LogP) is 2.94. The van der Waals surface area contributed by atoms with Gasteiger partial charge >= 0.3 is 0 Å². The predicted molar refractivity (Wildman–Crippen MR) is 142 cm³/mol. The molecule has 2 fully saturated rings. The number of nitrogens with zero attached hydrogens (tertiary/aromatic N) is 2. The summed E-state index contributed by atoms with van der Waals surface area (Å²) in [6.07, 6.45) is 4.62. The van der Waals surface area contributed by atoms with Gasteiger partial charge in [-0.05, 0) is 49.0 Å². The minimum atomic E-state index is -0.803. The molecule has 0 unspecified atom stereocenters. The molecule has 0 aromatic heterocycles. The van der Waals surface area contributed by atoms with Crippen molar-refractivity contribution in [2.24, 2.45) is 5.92 Å². The molecule has 2 heterocycles. The minimum Gasteiger partial charge on any atom is -0.496 e. The summed E-state index contributed by atoms with van der Waals surface area (Å²) in [5, 5.41) is 15.4. The van der Waals surface area contributed by atoms with E-state index in [1.54, 1.807) is 12.0 Å². The number of methoxy groups -OCH3 is 1. The molecule has 0 saturated carbocycles. The molecule has 2 aromatic carbocycles. The first kappa shape index (κ1) is 25.5. The first-order valence-electron chi connectivity index (χ1n) is 13.2. The number of hydrogen-bond donors (Lipinski definition) is 2. The fraction of sp³-hybridized carbons (Fsp3) is 0.400. The summed E-state index contributed by atoms with van der Waals surface area (Å²) in [6, 6.07) is 16.3. The number of benzene rings is 2. The van der Waals surface area contributed by atoms with E-state index in [4.69, 9.17) is 4.74 Å². The lowest BCUT2D eigenvalue weighted by Crippen LogP contribution is -2.50. The van der Waals surface area contributed by atoms with Crippen molar-refractivity contribution in [2.75, 3.05) is 20.2 Å². The molecule has 2 aromatic rings. The van der Waals surface area contributed by atoms with Crippen LogP contribution in [0.25, 0.3) is 6.08 Å². The Morgan fingerprint density at radius 3 is 2.76 bits per heavy atom. The molecule has 0 radical (unpaired) electrons. The van der Waals surface area contributed by atoms with Gasteiger partial charge in [0, 0.05) is 42.5 Å². The molecule has 3 amide bonds. The number of piperidine rings is 1. The van der Waals surface area contributed by atoms with Crippen molar-refractivity contribution in [2.45, 2.75) is 50.1 Å². The van der Waals surface area contributed by atoms with Gasteiger partial charge in [-0.15, -0.1) is 0 Å². The number of rotatable bonds is 7. The fourth-order valence-electron chi connectivity index (χ4n) is 5.87. The van der Waals surface area contributed by atoms with E-state index in [0.29, 0.717) is 43.7 Å². The Hall–Kier alpha value is -4.12. The van der Waals surface area contributed by atoms with E-state index in [9.17, 15) is 19.6 Å². The summed E-state index contributed by atoms with van der Waals surface area (Å²) in [5.74, 6) is -0.193. The lowest BCUT2D eigenvalue weighted by Gasteiger charge is -2.27. The van der Waals surface area contributed by atoms with Gasteiger partial charge in [-0.3, -0.25) is 14.4 Å². The van der Waals surface area contributed by atoms with Crippen molar-refractivity contribution < 1.29 is 19.1 Å². The highest BCUT2D eigenvalue weighted by molar-refractivity contribution is 6.03. The Morgan fingerprint density at radius 2 is 2.03 bits per heavy atom. The van der Waals surface area contributed by atoms with Crippen LogP contribution in [0.15, 0.2) is 54.1 Å². The average molecular weight is 513 g/mol. The third kappa shape index (κ3) is 5.14. The van der Waals surface area contributed by atoms with Crippen molar-refractivity contribution in [3.63, 3.8) is 0 Å². The first-order chi connectivity index (χ1) is 18.5. The number of hydrogen-bond acceptors (Lipinski definition) is 5. The standard InChI is InChI=1S/C30H32N4O4/c1-38-27-11-5-9-20-13-22(15-25(20)27)30(37)34-18-23(19-7-3-2-4-8-19)16-26(34)29(36)33-24(17-31)14-21-10-6-12-32-28(21)35/h2-5,7-9,11,15,21,23-24,26H,6,10,12-14,16,18H2,1H3,(H,32,35)(H,33,36)/t21-,23+,24-,26-/m0/s1. The number of likely N-dealkylation sites (tertiary alicyclic amines) is 1. The molecular formula is C30H32N4O4. The van der Waals surface area contributed by atoms with Gasteiger partial charge in [-0.1, -0.05) is 42.5 Å². The zero-order chi connectivity index (χ0) is 26.6. The van der Waals surface area contributed by atoms with E-state index < -0.39 is 12.1 Å². The van der Waals surface area contributed by atoms with E-state index in [1.165, 1.54) is 0 Å². The normalized spacial score (nSPS) is 23.1. The van der Waals surface area contributed by atoms with Gasteiger partial charge in [-0.2, -0.15) is 5.26 Å². The lowest BCUT2D eigenvalue weighted by molar-refractivity contribution is -0.136. The van der Waals surface area contributed by atoms with E-state index in [2.05, 4.69) is 16.7 Å². The Kier molecular flexibility index (Phi) is 7.45. The summed E-state index contributed by atoms with van der Waals surface area (Å²) in [7, 11) is 1.61. The van der Waals surface area contributed by atoms with Gasteiger partial charge in [-0.25, -0.2) is 0 Å². The van der Waals surface area contributed by atoms with Crippen LogP contribution in [0.1, 0.15) is 48.3 Å². The maximum absolute atomic E-state index is 13.8. The van der Waals surface area contributed by atoms with Gasteiger partial charge < -0.3 is 20.3 Å². The monoisotopic (exact) mass is 512 g/mol. The van der Waals surface area contributed by atoms with Crippen LogP contribution in [0.2, 0.25) is 0 Å². The maximum atomic E-state index is 13.8. The molecule has 2 saturated heterocycles. The SMILES string of the molecule is COc1cccc2c1C=C(C(=O)N1C[C@H](c3ccccc3)C[C@H]1C(=O)N[C@H](C#N)C[C@@H]1CCCNC1=O)C2. The molecule has 8 heteroatoms. The van der Waals surface area contributed by atoms with Crippen molar-refractivity contribution in [1.29, 1.82) is 5.26 Å². The van der Waals surface area contributed by atoms with E-state index in [-0.39, 0.29) is 36.0 Å². The molecule has 0 bridgehead atoms. The molecule has 1 aliphatic carbocycles. The molecule has 3 aliphatic rings. The van der Waals surface area contributed by atoms with E-state index in [0.717, 1.165) is 23.1 Å². The number of carbonyl (C=O) groups is 3. The molecule has 196 valence electrons. The highest BCUT2D eigenvalue weighted by Gasteiger charge is 2.42. The Labute approximate surface area is 222 Å². The van der Waals surface area contributed by atoms with Gasteiger partial charge in [0.05, 0.1) is 13.2 Å². The summed E-state index contributed by atoms with van der Waals surface area (Å²) in [6.45, 7) is 1.05. The molecule has 0 spiro atoms. The van der Waals surface area contributed by atoms with Crippen LogP contribution in [0, 0.1) is 17.2 Å². The molecule has 4 atom stereocenters. The van der Waals surface area contributed by atoms with Crippen LogP contribution in [-0.2, 0) is 20.8 Å². The number of carbonyl (C=O) groups excluding carboxylic acids is 3. The van der Waals surface area contributed by atoms with Crippen molar-refractivity contribution in [3.8, 4) is 11.8 Å². The largest absolute Gasteiger partial charge is 0.496 e. The third-order valence-corrected chi connectivity index (χ3v) is 7.88. The summed E-state index contributed by atoms with van der Waals surface area (Å²) >= 11 is 0. The zero-order valence-electron chi connectivity index (χ0n) is 21.5. The van der Waals surface area contributed by atoms with Gasteiger partial charge in [0.2, 0.25) is 11.8 Å². The minimum absolute atomic E-state index is 0.000488. The first-order valence-corrected chi connectivity index (χ1v) is 13.2. The Bertz CT molecular complexity index is 1300. The number of amides is 3. The van der Waals surface area contributed by atoms with Crippen LogP contribution in [0.4, 0.5) is 0 Å². The summed E-state index contributed by atoms with van der Waals surface area (Å²) < 4.78 is 5.48. The molecule has 8 nitrogen and oxygen atoms in total. The van der Waals surface area contributed by atoms with Crippen LogP contribution in [0.3, 0.4) is 0 Å².